The van der Waals surface area contributed by atoms with Gasteiger partial charge in [-0.05, 0) is 36.2 Å². The molecule has 3 rings (SSSR count). The van der Waals surface area contributed by atoms with Crippen LogP contribution in [0.2, 0.25) is 5.02 Å². The molecule has 5 nitrogen and oxygen atoms in total. The first-order chi connectivity index (χ1) is 10.8. The molecule has 0 atom stereocenters. The van der Waals surface area contributed by atoms with Crippen molar-refractivity contribution in [1.82, 2.24) is 4.57 Å². The molecule has 0 fully saturated rings. The summed E-state index contributed by atoms with van der Waals surface area (Å²) in [4.78, 5) is 11.6. The summed E-state index contributed by atoms with van der Waals surface area (Å²) in [5.41, 5.74) is 2.28. The summed E-state index contributed by atoms with van der Waals surface area (Å²) in [6.45, 7) is 1.82. The largest absolute Gasteiger partial charge is 0.419 e. The molecule has 1 aromatic heterocycles. The van der Waals surface area contributed by atoms with Crippen LogP contribution < -0.4 is 5.76 Å². The number of sulfone groups is 1. The van der Waals surface area contributed by atoms with Gasteiger partial charge in [0.1, 0.15) is 0 Å². The number of hydrogen-bond acceptors (Lipinski definition) is 4. The first kappa shape index (κ1) is 15.8. The van der Waals surface area contributed by atoms with Gasteiger partial charge in [-0.25, -0.2) is 13.2 Å². The van der Waals surface area contributed by atoms with Crippen LogP contribution in [-0.4, -0.2) is 13.0 Å². The summed E-state index contributed by atoms with van der Waals surface area (Å²) in [6.07, 6.45) is 0. The number of oxazole rings is 1. The number of aromatic nitrogens is 1. The Morgan fingerprint density at radius 1 is 1.17 bits per heavy atom. The number of benzene rings is 2. The van der Waals surface area contributed by atoms with Crippen LogP contribution in [0.25, 0.3) is 11.1 Å². The summed E-state index contributed by atoms with van der Waals surface area (Å²) >= 11 is 5.96. The van der Waals surface area contributed by atoms with Gasteiger partial charge in [-0.3, -0.25) is 4.57 Å². The van der Waals surface area contributed by atoms with Gasteiger partial charge in [-0.15, -0.1) is 0 Å². The summed E-state index contributed by atoms with van der Waals surface area (Å²) in [6, 6.07) is 9.56. The van der Waals surface area contributed by atoms with E-state index in [0.717, 1.165) is 5.56 Å². The normalized spacial score (nSPS) is 12.0. The van der Waals surface area contributed by atoms with Gasteiger partial charge in [0, 0.05) is 18.1 Å². The Labute approximate surface area is 138 Å². The third-order valence-electron chi connectivity index (χ3n) is 3.70. The maximum atomic E-state index is 12.6. The molecule has 0 saturated carbocycles. The average molecular weight is 352 g/mol. The topological polar surface area (TPSA) is 69.3 Å². The zero-order valence-electron chi connectivity index (χ0n) is 12.5. The molecule has 0 spiro atoms. The number of rotatable bonds is 3. The minimum Gasteiger partial charge on any atom is -0.408 e. The maximum absolute atomic E-state index is 12.6. The summed E-state index contributed by atoms with van der Waals surface area (Å²) in [5.74, 6) is -0.670. The molecule has 0 radical (unpaired) electrons. The Balaban J connectivity index is 2.01. The molecule has 0 saturated heterocycles. The van der Waals surface area contributed by atoms with Crippen molar-refractivity contribution in [3.63, 3.8) is 0 Å². The van der Waals surface area contributed by atoms with Gasteiger partial charge in [0.2, 0.25) is 0 Å². The number of hydrogen-bond donors (Lipinski definition) is 0. The SMILES string of the molecule is Cc1cc(CS(=O)(=O)c2ccc3c(c2)oc(=O)n3C)ccc1Cl. The molecule has 120 valence electrons. The molecular weight excluding hydrogens is 338 g/mol. The van der Waals surface area contributed by atoms with Crippen molar-refractivity contribution < 1.29 is 12.8 Å². The lowest BCUT2D eigenvalue weighted by molar-refractivity contribution is 0.527. The fourth-order valence-corrected chi connectivity index (χ4v) is 3.87. The molecule has 1 heterocycles. The maximum Gasteiger partial charge on any atom is 0.419 e. The van der Waals surface area contributed by atoms with E-state index in [9.17, 15) is 13.2 Å². The number of halogens is 1. The van der Waals surface area contributed by atoms with E-state index in [1.165, 1.54) is 16.7 Å². The van der Waals surface area contributed by atoms with Crippen LogP contribution in [0, 0.1) is 6.92 Å². The second-order valence-electron chi connectivity index (χ2n) is 5.40. The van der Waals surface area contributed by atoms with Gasteiger partial charge in [-0.1, -0.05) is 23.7 Å². The fraction of sp³-hybridized carbons (Fsp3) is 0.188. The standard InChI is InChI=1S/C16H14ClNO4S/c1-10-7-11(3-5-13(10)17)9-23(20,21)12-4-6-14-15(8-12)22-16(19)18(14)2/h3-8H,9H2,1-2H3. The lowest BCUT2D eigenvalue weighted by atomic mass is 10.2. The van der Waals surface area contributed by atoms with Crippen molar-refractivity contribution in [1.29, 1.82) is 0 Å². The molecule has 0 amide bonds. The predicted molar refractivity (Wildman–Crippen MR) is 88.5 cm³/mol. The molecular formula is C16H14ClNO4S. The van der Waals surface area contributed by atoms with E-state index in [1.807, 2.05) is 6.92 Å². The zero-order valence-corrected chi connectivity index (χ0v) is 14.1. The molecule has 0 aliphatic carbocycles. The molecule has 7 heteroatoms. The minimum atomic E-state index is -3.55. The molecule has 0 bridgehead atoms. The van der Waals surface area contributed by atoms with Crippen LogP contribution >= 0.6 is 11.6 Å². The lowest BCUT2D eigenvalue weighted by Crippen LogP contribution is -2.08. The van der Waals surface area contributed by atoms with Gasteiger partial charge in [-0.2, -0.15) is 0 Å². The summed E-state index contributed by atoms with van der Waals surface area (Å²) < 4.78 is 31.5. The van der Waals surface area contributed by atoms with E-state index in [-0.39, 0.29) is 16.2 Å². The number of aryl methyl sites for hydroxylation is 2. The Bertz CT molecular complexity index is 1060. The number of nitrogens with zero attached hydrogens (tertiary/aromatic N) is 1. The second kappa shape index (κ2) is 5.54. The first-order valence-electron chi connectivity index (χ1n) is 6.85. The monoisotopic (exact) mass is 351 g/mol. The van der Waals surface area contributed by atoms with Crippen LogP contribution in [0.15, 0.2) is 50.5 Å². The highest BCUT2D eigenvalue weighted by Gasteiger charge is 2.18. The van der Waals surface area contributed by atoms with Gasteiger partial charge < -0.3 is 4.42 Å². The lowest BCUT2D eigenvalue weighted by Gasteiger charge is -2.06. The quantitative estimate of drug-likeness (QED) is 0.727. The van der Waals surface area contributed by atoms with Gasteiger partial charge >= 0.3 is 5.76 Å². The van der Waals surface area contributed by atoms with Gasteiger partial charge in [0.15, 0.2) is 15.4 Å². The van der Waals surface area contributed by atoms with Crippen molar-refractivity contribution in [3.8, 4) is 0 Å². The zero-order chi connectivity index (χ0) is 16.8. The first-order valence-corrected chi connectivity index (χ1v) is 8.88. The molecule has 0 N–H and O–H groups in total. The number of fused-ring (bicyclic) bond motifs is 1. The molecule has 0 aliphatic rings. The second-order valence-corrected chi connectivity index (χ2v) is 7.80. The van der Waals surface area contributed by atoms with E-state index < -0.39 is 15.6 Å². The van der Waals surface area contributed by atoms with Crippen molar-refractivity contribution in [2.45, 2.75) is 17.6 Å². The van der Waals surface area contributed by atoms with Crippen LogP contribution in [0.4, 0.5) is 0 Å². The van der Waals surface area contributed by atoms with E-state index in [0.29, 0.717) is 16.1 Å². The Hall–Kier alpha value is -2.05. The highest BCUT2D eigenvalue weighted by atomic mass is 35.5. The molecule has 23 heavy (non-hydrogen) atoms. The Morgan fingerprint density at radius 2 is 1.91 bits per heavy atom. The van der Waals surface area contributed by atoms with Gasteiger partial charge in [0.05, 0.1) is 16.2 Å². The van der Waals surface area contributed by atoms with E-state index in [2.05, 4.69) is 0 Å². The van der Waals surface area contributed by atoms with E-state index in [1.54, 1.807) is 31.3 Å². The van der Waals surface area contributed by atoms with Crippen molar-refractivity contribution in [2.24, 2.45) is 7.05 Å². The smallest absolute Gasteiger partial charge is 0.408 e. The summed E-state index contributed by atoms with van der Waals surface area (Å²) in [7, 11) is -1.98. The average Bonchev–Trinajstić information content (AvgIpc) is 2.77. The van der Waals surface area contributed by atoms with Crippen LogP contribution in [-0.2, 0) is 22.6 Å². The van der Waals surface area contributed by atoms with Crippen LogP contribution in [0.1, 0.15) is 11.1 Å². The molecule has 2 aromatic carbocycles. The molecule has 0 aliphatic heterocycles. The highest BCUT2D eigenvalue weighted by Crippen LogP contribution is 2.23. The van der Waals surface area contributed by atoms with Crippen LogP contribution in [0.5, 0.6) is 0 Å². The third-order valence-corrected chi connectivity index (χ3v) is 5.81. The predicted octanol–water partition coefficient (Wildman–Crippen LogP) is 3.07. The van der Waals surface area contributed by atoms with Crippen LogP contribution in [0.3, 0.4) is 0 Å². The Morgan fingerprint density at radius 3 is 2.61 bits per heavy atom. The molecule has 3 aromatic rings. The van der Waals surface area contributed by atoms with E-state index >= 15 is 0 Å². The highest BCUT2D eigenvalue weighted by molar-refractivity contribution is 7.90. The Kier molecular flexibility index (Phi) is 3.82. The minimum absolute atomic E-state index is 0.118. The van der Waals surface area contributed by atoms with Crippen molar-refractivity contribution in [2.75, 3.05) is 0 Å². The van der Waals surface area contributed by atoms with Gasteiger partial charge in [0.25, 0.3) is 0 Å². The van der Waals surface area contributed by atoms with Crippen molar-refractivity contribution >= 4 is 32.5 Å². The van der Waals surface area contributed by atoms with Crippen molar-refractivity contribution in [3.05, 3.63) is 63.1 Å². The fourth-order valence-electron chi connectivity index (χ4n) is 2.41. The van der Waals surface area contributed by atoms with E-state index in [4.69, 9.17) is 16.0 Å². The third kappa shape index (κ3) is 2.92. The molecule has 0 unspecified atom stereocenters. The summed E-state index contributed by atoms with van der Waals surface area (Å²) in [5, 5.41) is 0.596.